The van der Waals surface area contributed by atoms with Crippen LogP contribution in [0.4, 0.5) is 0 Å². The minimum Gasteiger partial charge on any atom is -0.506 e. The van der Waals surface area contributed by atoms with Crippen LogP contribution in [0.15, 0.2) is 17.0 Å². The average Bonchev–Trinajstić information content (AvgIpc) is 2.67. The van der Waals surface area contributed by atoms with Gasteiger partial charge in [0.2, 0.25) is 0 Å². The van der Waals surface area contributed by atoms with E-state index in [1.165, 1.54) is 70.3 Å². The summed E-state index contributed by atoms with van der Waals surface area (Å²) in [5.41, 5.74) is 1.53. The second-order valence-electron chi connectivity index (χ2n) is 8.32. The van der Waals surface area contributed by atoms with E-state index in [1.54, 1.807) is 0 Å². The molecule has 5 heteroatoms. The molecule has 0 aliphatic heterocycles. The van der Waals surface area contributed by atoms with Crippen molar-refractivity contribution in [1.29, 1.82) is 0 Å². The van der Waals surface area contributed by atoms with Crippen molar-refractivity contribution in [3.8, 4) is 5.75 Å². The standard InChI is InChI=1S/C24H42O4S/c1-3-5-7-9-11-12-14-16-18-22-19-21(17-15-13-10-8-6-4-2)20-23(24(22)25)29(26,27)28/h19-20,25H,3-18H2,1-2H3,(H,26,27,28). The molecule has 0 saturated carbocycles. The minimum atomic E-state index is -4.42. The van der Waals surface area contributed by atoms with Crippen LogP contribution in [0.1, 0.15) is 115 Å². The minimum absolute atomic E-state index is 0.276. The normalized spacial score (nSPS) is 11.8. The van der Waals surface area contributed by atoms with Crippen molar-refractivity contribution in [3.05, 3.63) is 23.3 Å². The van der Waals surface area contributed by atoms with Crippen molar-refractivity contribution in [1.82, 2.24) is 0 Å². The summed E-state index contributed by atoms with van der Waals surface area (Å²) in [6, 6.07) is 3.37. The Hall–Kier alpha value is -1.07. The van der Waals surface area contributed by atoms with E-state index in [-0.39, 0.29) is 10.6 Å². The molecule has 0 radical (unpaired) electrons. The molecule has 0 spiro atoms. The maximum absolute atomic E-state index is 11.7. The number of benzene rings is 1. The van der Waals surface area contributed by atoms with Gasteiger partial charge in [-0.15, -0.1) is 0 Å². The lowest BCUT2D eigenvalue weighted by Crippen LogP contribution is -2.03. The average molecular weight is 427 g/mol. The van der Waals surface area contributed by atoms with E-state index in [9.17, 15) is 18.1 Å². The van der Waals surface area contributed by atoms with Crippen LogP contribution in [0, 0.1) is 0 Å². The van der Waals surface area contributed by atoms with Gasteiger partial charge in [0.1, 0.15) is 10.6 Å². The third-order valence-corrected chi connectivity index (χ3v) is 6.48. The van der Waals surface area contributed by atoms with Crippen LogP contribution in [0.25, 0.3) is 0 Å². The first-order valence-corrected chi connectivity index (χ1v) is 13.2. The fourth-order valence-electron chi connectivity index (χ4n) is 3.82. The Morgan fingerprint density at radius 3 is 1.62 bits per heavy atom. The molecule has 0 amide bonds. The van der Waals surface area contributed by atoms with Crippen molar-refractivity contribution in [2.24, 2.45) is 0 Å². The molecule has 29 heavy (non-hydrogen) atoms. The molecule has 0 aliphatic carbocycles. The zero-order chi connectivity index (χ0) is 21.5. The molecular formula is C24H42O4S. The molecular weight excluding hydrogens is 384 g/mol. The molecule has 1 aromatic rings. The van der Waals surface area contributed by atoms with Gasteiger partial charge < -0.3 is 5.11 Å². The molecule has 0 atom stereocenters. The van der Waals surface area contributed by atoms with Crippen LogP contribution < -0.4 is 0 Å². The summed E-state index contributed by atoms with van der Waals surface area (Å²) in [5, 5.41) is 10.4. The number of aromatic hydroxyl groups is 1. The Morgan fingerprint density at radius 1 is 0.690 bits per heavy atom. The lowest BCUT2D eigenvalue weighted by atomic mass is 9.99. The van der Waals surface area contributed by atoms with Crippen molar-refractivity contribution < 1.29 is 18.1 Å². The number of aryl methyl sites for hydroxylation is 2. The Labute approximate surface area is 178 Å². The molecule has 0 aliphatic rings. The highest BCUT2D eigenvalue weighted by atomic mass is 32.2. The number of hydrogen-bond donors (Lipinski definition) is 2. The van der Waals surface area contributed by atoms with Gasteiger partial charge in [-0.25, -0.2) is 0 Å². The summed E-state index contributed by atoms with van der Waals surface area (Å²) in [4.78, 5) is -0.337. The smallest absolute Gasteiger partial charge is 0.298 e. The molecule has 0 aromatic heterocycles. The Bertz CT molecular complexity index is 668. The van der Waals surface area contributed by atoms with Crippen molar-refractivity contribution in [2.45, 2.75) is 121 Å². The number of unbranched alkanes of at least 4 members (excludes halogenated alkanes) is 12. The molecule has 2 N–H and O–H groups in total. The summed E-state index contributed by atoms with van der Waals surface area (Å²) < 4.78 is 32.9. The van der Waals surface area contributed by atoms with Crippen LogP contribution in [-0.2, 0) is 23.0 Å². The second kappa shape index (κ2) is 14.8. The largest absolute Gasteiger partial charge is 0.506 e. The quantitative estimate of drug-likeness (QED) is 0.203. The van der Waals surface area contributed by atoms with Crippen LogP contribution >= 0.6 is 0 Å². The lowest BCUT2D eigenvalue weighted by Gasteiger charge is -2.12. The SMILES string of the molecule is CCCCCCCCCCc1cc(CCCCCCCC)cc(S(=O)(=O)O)c1O. The molecule has 168 valence electrons. The van der Waals surface area contributed by atoms with E-state index in [0.717, 1.165) is 37.7 Å². The van der Waals surface area contributed by atoms with Crippen molar-refractivity contribution in [2.75, 3.05) is 0 Å². The van der Waals surface area contributed by atoms with E-state index < -0.39 is 10.1 Å². The number of rotatable bonds is 17. The third kappa shape index (κ3) is 11.0. The second-order valence-corrected chi connectivity index (χ2v) is 9.71. The van der Waals surface area contributed by atoms with Crippen LogP contribution in [0.3, 0.4) is 0 Å². The summed E-state index contributed by atoms with van der Waals surface area (Å²) in [7, 11) is -4.42. The predicted molar refractivity (Wildman–Crippen MR) is 121 cm³/mol. The third-order valence-electron chi connectivity index (χ3n) is 5.61. The first-order chi connectivity index (χ1) is 13.9. The number of hydrogen-bond acceptors (Lipinski definition) is 3. The number of phenols is 1. The molecule has 0 saturated heterocycles. The van der Waals surface area contributed by atoms with Crippen molar-refractivity contribution in [3.63, 3.8) is 0 Å². The molecule has 1 aromatic carbocycles. The van der Waals surface area contributed by atoms with Crippen LogP contribution in [0.5, 0.6) is 5.75 Å². The highest BCUT2D eigenvalue weighted by molar-refractivity contribution is 7.86. The van der Waals surface area contributed by atoms with Gasteiger partial charge in [0.05, 0.1) is 0 Å². The molecule has 0 bridgehead atoms. The molecule has 0 unspecified atom stereocenters. The highest BCUT2D eigenvalue weighted by Crippen LogP contribution is 2.31. The monoisotopic (exact) mass is 426 g/mol. The zero-order valence-electron chi connectivity index (χ0n) is 18.6. The van der Waals surface area contributed by atoms with E-state index in [2.05, 4.69) is 13.8 Å². The fraction of sp³-hybridized carbons (Fsp3) is 0.750. The van der Waals surface area contributed by atoms with Gasteiger partial charge in [-0.2, -0.15) is 8.42 Å². The van der Waals surface area contributed by atoms with Gasteiger partial charge in [0, 0.05) is 0 Å². The van der Waals surface area contributed by atoms with E-state index in [0.29, 0.717) is 12.0 Å². The summed E-state index contributed by atoms with van der Waals surface area (Å²) in [5.74, 6) is -0.276. The molecule has 1 rings (SSSR count). The zero-order valence-corrected chi connectivity index (χ0v) is 19.4. The first kappa shape index (κ1) is 26.0. The van der Waals surface area contributed by atoms with Gasteiger partial charge >= 0.3 is 0 Å². The van der Waals surface area contributed by atoms with Crippen LogP contribution in [0.2, 0.25) is 0 Å². The predicted octanol–water partition coefficient (Wildman–Crippen LogP) is 7.23. The molecule has 0 fully saturated rings. The number of phenolic OH excluding ortho intramolecular Hbond substituents is 1. The van der Waals surface area contributed by atoms with Crippen LogP contribution in [-0.4, -0.2) is 18.1 Å². The Kier molecular flexibility index (Phi) is 13.3. The van der Waals surface area contributed by atoms with E-state index in [4.69, 9.17) is 0 Å². The summed E-state index contributed by atoms with van der Waals surface area (Å²) in [6.07, 6.45) is 18.0. The summed E-state index contributed by atoms with van der Waals surface area (Å²) >= 11 is 0. The molecule has 0 heterocycles. The maximum Gasteiger partial charge on any atom is 0.298 e. The fourth-order valence-corrected chi connectivity index (χ4v) is 4.49. The highest BCUT2D eigenvalue weighted by Gasteiger charge is 2.19. The van der Waals surface area contributed by atoms with E-state index in [1.807, 2.05) is 6.07 Å². The van der Waals surface area contributed by atoms with Gasteiger partial charge in [0.25, 0.3) is 10.1 Å². The van der Waals surface area contributed by atoms with Gasteiger partial charge in [0.15, 0.2) is 0 Å². The Morgan fingerprint density at radius 2 is 1.14 bits per heavy atom. The molecule has 4 nitrogen and oxygen atoms in total. The summed E-state index contributed by atoms with van der Waals surface area (Å²) in [6.45, 7) is 4.41. The van der Waals surface area contributed by atoms with Gasteiger partial charge in [-0.3, -0.25) is 4.55 Å². The van der Waals surface area contributed by atoms with Crippen molar-refractivity contribution >= 4 is 10.1 Å². The maximum atomic E-state index is 11.7. The van der Waals surface area contributed by atoms with Gasteiger partial charge in [-0.05, 0) is 42.9 Å². The van der Waals surface area contributed by atoms with E-state index >= 15 is 0 Å². The topological polar surface area (TPSA) is 74.6 Å². The van der Waals surface area contributed by atoms with Gasteiger partial charge in [-0.1, -0.05) is 97.0 Å². The first-order valence-electron chi connectivity index (χ1n) is 11.7. The lowest BCUT2D eigenvalue weighted by molar-refractivity contribution is 0.436. The Balaban J connectivity index is 2.60.